The molecular weight excluding hydrogens is 440 g/mol. The molecule has 3 aliphatic rings. The quantitative estimate of drug-likeness (QED) is 0.584. The summed E-state index contributed by atoms with van der Waals surface area (Å²) in [6, 6.07) is 20.8. The summed E-state index contributed by atoms with van der Waals surface area (Å²) in [4.78, 5) is 43.7. The van der Waals surface area contributed by atoms with Crippen LogP contribution in [0.15, 0.2) is 78.9 Å². The lowest BCUT2D eigenvalue weighted by Gasteiger charge is -2.36. The molecule has 6 heteroatoms. The second-order valence-electron chi connectivity index (χ2n) is 9.27. The van der Waals surface area contributed by atoms with Crippen molar-refractivity contribution in [2.24, 2.45) is 5.92 Å². The van der Waals surface area contributed by atoms with Gasteiger partial charge in [0.2, 0.25) is 5.91 Å². The summed E-state index contributed by atoms with van der Waals surface area (Å²) in [6.07, 6.45) is 3.95. The normalized spacial score (nSPS) is 25.6. The maximum Gasteiger partial charge on any atom is 0.238 e. The first kappa shape index (κ1) is 21.4. The van der Waals surface area contributed by atoms with Crippen molar-refractivity contribution in [2.45, 2.75) is 24.4 Å². The summed E-state index contributed by atoms with van der Waals surface area (Å²) in [5, 5.41) is 2.99. The maximum atomic E-state index is 14.3. The Morgan fingerprint density at radius 3 is 2.43 bits per heavy atom. The lowest BCUT2D eigenvalue weighted by molar-refractivity contribution is -0.127. The molecule has 1 spiro atoms. The number of Topliss-reactive ketones (excluding diaryl/α,β-unsaturated/α-hetero) is 2. The minimum atomic E-state index is -1.37. The van der Waals surface area contributed by atoms with E-state index in [2.05, 4.69) is 5.32 Å². The molecule has 1 fully saturated rings. The number of hydrogen-bond donors (Lipinski definition) is 1. The molecule has 0 aliphatic carbocycles. The van der Waals surface area contributed by atoms with Crippen LogP contribution < -0.4 is 15.0 Å². The van der Waals surface area contributed by atoms with Gasteiger partial charge < -0.3 is 15.0 Å². The zero-order chi connectivity index (χ0) is 24.3. The van der Waals surface area contributed by atoms with Crippen molar-refractivity contribution in [2.75, 3.05) is 17.3 Å². The van der Waals surface area contributed by atoms with Crippen molar-refractivity contribution in [3.63, 3.8) is 0 Å². The molecule has 6 rings (SSSR count). The molecule has 174 valence electrons. The summed E-state index contributed by atoms with van der Waals surface area (Å²) >= 11 is 0. The molecule has 6 nitrogen and oxygen atoms in total. The number of nitrogens with one attached hydrogen (secondary N) is 1. The maximum absolute atomic E-state index is 14.3. The third-order valence-corrected chi connectivity index (χ3v) is 7.59. The van der Waals surface area contributed by atoms with Crippen LogP contribution >= 0.6 is 0 Å². The highest BCUT2D eigenvalue weighted by Gasteiger charge is 2.70. The number of amides is 1. The Kier molecular flexibility index (Phi) is 4.68. The second-order valence-corrected chi connectivity index (χ2v) is 9.27. The van der Waals surface area contributed by atoms with E-state index in [0.717, 1.165) is 11.3 Å². The largest absolute Gasteiger partial charge is 0.497 e. The second kappa shape index (κ2) is 7.67. The van der Waals surface area contributed by atoms with E-state index in [9.17, 15) is 14.4 Å². The Balaban J connectivity index is 1.63. The summed E-state index contributed by atoms with van der Waals surface area (Å²) in [6.45, 7) is 1.51. The van der Waals surface area contributed by atoms with E-state index in [4.69, 9.17) is 4.74 Å². The van der Waals surface area contributed by atoms with Gasteiger partial charge in [-0.2, -0.15) is 0 Å². The number of fused-ring (bicyclic) bond motifs is 5. The van der Waals surface area contributed by atoms with Gasteiger partial charge in [-0.3, -0.25) is 14.4 Å². The number of para-hydroxylation sites is 2. The van der Waals surface area contributed by atoms with E-state index in [-0.39, 0.29) is 17.5 Å². The van der Waals surface area contributed by atoms with Gasteiger partial charge in [0.25, 0.3) is 0 Å². The zero-order valence-corrected chi connectivity index (χ0v) is 19.4. The van der Waals surface area contributed by atoms with Crippen molar-refractivity contribution in [3.8, 4) is 5.75 Å². The van der Waals surface area contributed by atoms with Crippen molar-refractivity contribution in [1.29, 1.82) is 0 Å². The highest BCUT2D eigenvalue weighted by Crippen LogP contribution is 2.57. The van der Waals surface area contributed by atoms with Gasteiger partial charge in [-0.05, 0) is 54.4 Å². The summed E-state index contributed by atoms with van der Waals surface area (Å²) in [5.74, 6) is -0.815. The zero-order valence-electron chi connectivity index (χ0n) is 19.4. The first-order chi connectivity index (χ1) is 17.0. The van der Waals surface area contributed by atoms with Crippen molar-refractivity contribution in [3.05, 3.63) is 95.6 Å². The molecule has 0 aromatic heterocycles. The number of nitrogens with zero attached hydrogens (tertiary/aromatic N) is 1. The Hall–Kier alpha value is -4.19. The molecule has 4 atom stereocenters. The number of methoxy groups -OCH3 is 1. The Morgan fingerprint density at radius 1 is 0.971 bits per heavy atom. The number of benzene rings is 3. The van der Waals surface area contributed by atoms with Crippen LogP contribution in [0.3, 0.4) is 0 Å². The van der Waals surface area contributed by atoms with Gasteiger partial charge in [0, 0.05) is 16.9 Å². The number of hydrogen-bond acceptors (Lipinski definition) is 5. The molecule has 3 aromatic carbocycles. The average Bonchev–Trinajstić information content (AvgIpc) is 3.36. The molecule has 1 N–H and O–H groups in total. The fourth-order valence-electron chi connectivity index (χ4n) is 6.26. The van der Waals surface area contributed by atoms with E-state index in [1.807, 2.05) is 65.6 Å². The van der Waals surface area contributed by atoms with Gasteiger partial charge in [-0.1, -0.05) is 48.6 Å². The standard InChI is InChI=1S/C29H24N2O4/c1-17(32)27-29(21-8-4-5-9-22(21)30-28(29)34)25(26(33)19-11-14-20(35-2)15-12-19)24-16-13-18-7-3-6-10-23(18)31(24)27/h3-16,24-25,27H,1-2H3,(H,30,34). The Bertz CT molecular complexity index is 1410. The fraction of sp³-hybridized carbons (Fsp3) is 0.207. The van der Waals surface area contributed by atoms with Crippen LogP contribution in [0.4, 0.5) is 11.4 Å². The third-order valence-electron chi connectivity index (χ3n) is 7.59. The minimum Gasteiger partial charge on any atom is -0.497 e. The molecular formula is C29H24N2O4. The Labute approximate surface area is 203 Å². The predicted octanol–water partition coefficient (Wildman–Crippen LogP) is 4.26. The number of ether oxygens (including phenoxy) is 1. The number of anilines is 2. The van der Waals surface area contributed by atoms with Crippen molar-refractivity contribution in [1.82, 2.24) is 0 Å². The van der Waals surface area contributed by atoms with E-state index >= 15 is 0 Å². The van der Waals surface area contributed by atoms with Crippen LogP contribution in [0.5, 0.6) is 5.75 Å². The van der Waals surface area contributed by atoms with E-state index < -0.39 is 23.4 Å². The molecule has 1 amide bonds. The molecule has 3 aliphatic heterocycles. The van der Waals surface area contributed by atoms with Crippen LogP contribution in [0.25, 0.3) is 6.08 Å². The van der Waals surface area contributed by atoms with Crippen LogP contribution in [-0.4, -0.2) is 36.7 Å². The molecule has 0 saturated carbocycles. The number of carbonyl (C=O) groups excluding carboxylic acids is 3. The van der Waals surface area contributed by atoms with E-state index in [0.29, 0.717) is 22.6 Å². The lowest BCUT2D eigenvalue weighted by atomic mass is 9.64. The topological polar surface area (TPSA) is 75.7 Å². The van der Waals surface area contributed by atoms with Gasteiger partial charge in [0.1, 0.15) is 17.2 Å². The number of rotatable bonds is 4. The average molecular weight is 465 g/mol. The van der Waals surface area contributed by atoms with Crippen LogP contribution in [0, 0.1) is 5.92 Å². The third kappa shape index (κ3) is 2.80. The van der Waals surface area contributed by atoms with Crippen LogP contribution in [0.1, 0.15) is 28.4 Å². The van der Waals surface area contributed by atoms with E-state index in [1.165, 1.54) is 6.92 Å². The van der Waals surface area contributed by atoms with Gasteiger partial charge in [-0.15, -0.1) is 0 Å². The summed E-state index contributed by atoms with van der Waals surface area (Å²) < 4.78 is 5.27. The monoisotopic (exact) mass is 464 g/mol. The van der Waals surface area contributed by atoms with Gasteiger partial charge >= 0.3 is 0 Å². The smallest absolute Gasteiger partial charge is 0.238 e. The molecule has 4 unspecified atom stereocenters. The van der Waals surface area contributed by atoms with Crippen LogP contribution in [0.2, 0.25) is 0 Å². The lowest BCUT2D eigenvalue weighted by Crippen LogP contribution is -2.54. The van der Waals surface area contributed by atoms with E-state index in [1.54, 1.807) is 31.4 Å². The minimum absolute atomic E-state index is 0.156. The molecule has 0 radical (unpaired) electrons. The first-order valence-electron chi connectivity index (χ1n) is 11.6. The van der Waals surface area contributed by atoms with Gasteiger partial charge in [0.15, 0.2) is 11.6 Å². The molecule has 1 saturated heterocycles. The van der Waals surface area contributed by atoms with Crippen LogP contribution in [-0.2, 0) is 15.0 Å². The summed E-state index contributed by atoms with van der Waals surface area (Å²) in [7, 11) is 1.57. The molecule has 3 heterocycles. The number of carbonyl (C=O) groups is 3. The van der Waals surface area contributed by atoms with Gasteiger partial charge in [0.05, 0.1) is 19.1 Å². The molecule has 0 bridgehead atoms. The highest BCUT2D eigenvalue weighted by molar-refractivity contribution is 6.17. The van der Waals surface area contributed by atoms with Crippen molar-refractivity contribution >= 4 is 34.9 Å². The highest BCUT2D eigenvalue weighted by atomic mass is 16.5. The SMILES string of the molecule is COc1ccc(C(=O)C2C3C=Cc4ccccc4N3C(C(C)=O)C23C(=O)Nc2ccccc23)cc1. The van der Waals surface area contributed by atoms with Gasteiger partial charge in [-0.25, -0.2) is 0 Å². The predicted molar refractivity (Wildman–Crippen MR) is 134 cm³/mol. The molecule has 3 aromatic rings. The first-order valence-corrected chi connectivity index (χ1v) is 11.6. The molecule has 35 heavy (non-hydrogen) atoms. The van der Waals surface area contributed by atoms with Crippen molar-refractivity contribution < 1.29 is 19.1 Å². The fourth-order valence-corrected chi connectivity index (χ4v) is 6.26. The summed E-state index contributed by atoms with van der Waals surface area (Å²) in [5.41, 5.74) is 2.25. The number of ketones is 2. The Morgan fingerprint density at radius 2 is 1.69 bits per heavy atom.